The fourth-order valence-electron chi connectivity index (χ4n) is 3.63. The average molecular weight is 459 g/mol. The van der Waals surface area contributed by atoms with Crippen molar-refractivity contribution in [1.82, 2.24) is 20.0 Å². The molecular formula is C21H32Cl2N4O3. The van der Waals surface area contributed by atoms with Gasteiger partial charge in [-0.1, -0.05) is 0 Å². The molecule has 168 valence electrons. The summed E-state index contributed by atoms with van der Waals surface area (Å²) in [5.74, 6) is 0.570. The lowest BCUT2D eigenvalue weighted by Gasteiger charge is -2.23. The van der Waals surface area contributed by atoms with Crippen molar-refractivity contribution in [3.05, 3.63) is 51.3 Å². The lowest BCUT2D eigenvalue weighted by atomic mass is 9.95. The molecular weight excluding hydrogens is 427 g/mol. The molecule has 3 rings (SSSR count). The number of carbonyl (C=O) groups excluding carboxylic acids is 1. The van der Waals surface area contributed by atoms with Gasteiger partial charge < -0.3 is 14.6 Å². The van der Waals surface area contributed by atoms with Crippen LogP contribution in [0.25, 0.3) is 0 Å². The summed E-state index contributed by atoms with van der Waals surface area (Å²) in [7, 11) is 0. The molecule has 1 fully saturated rings. The minimum Gasteiger partial charge on any atom is -0.427 e. The van der Waals surface area contributed by atoms with Gasteiger partial charge in [0, 0.05) is 43.4 Å². The molecule has 1 N–H and O–H groups in total. The maximum absolute atomic E-state index is 13.1. The van der Waals surface area contributed by atoms with Crippen LogP contribution < -0.4 is 10.9 Å². The number of halogens is 2. The van der Waals surface area contributed by atoms with Crippen LogP contribution in [0.15, 0.2) is 27.7 Å². The summed E-state index contributed by atoms with van der Waals surface area (Å²) in [5.41, 5.74) is 1.21. The van der Waals surface area contributed by atoms with Crippen molar-refractivity contribution in [3.8, 4) is 0 Å². The van der Waals surface area contributed by atoms with E-state index in [2.05, 4.69) is 24.3 Å². The van der Waals surface area contributed by atoms with Gasteiger partial charge in [-0.2, -0.15) is 5.10 Å². The van der Waals surface area contributed by atoms with Gasteiger partial charge in [0.05, 0.1) is 6.20 Å². The van der Waals surface area contributed by atoms with Crippen LogP contribution in [0.2, 0.25) is 0 Å². The Hall–Kier alpha value is -1.83. The highest BCUT2D eigenvalue weighted by atomic mass is 35.5. The molecule has 0 radical (unpaired) electrons. The third kappa shape index (κ3) is 5.86. The molecule has 0 saturated carbocycles. The molecule has 0 spiro atoms. The second-order valence-corrected chi connectivity index (χ2v) is 7.78. The number of amides is 1. The molecule has 1 aliphatic rings. The standard InChI is InChI=1S/C21H30N4O3.2ClH/c1-5-24(12-16-10-23-25(13-16)14(2)3)20(26)19-15(4)9-18(28-21(19)27)17-7-6-8-22-11-17;;/h9-10,13-14,17,22H,5-8,11-12H2,1-4H3;2*1H. The topological polar surface area (TPSA) is 80.4 Å². The van der Waals surface area contributed by atoms with Crippen molar-refractivity contribution in [2.24, 2.45) is 0 Å². The van der Waals surface area contributed by atoms with Crippen molar-refractivity contribution < 1.29 is 9.21 Å². The Bertz CT molecular complexity index is 889. The van der Waals surface area contributed by atoms with Crippen LogP contribution in [0.4, 0.5) is 0 Å². The van der Waals surface area contributed by atoms with Crippen LogP contribution in [0.3, 0.4) is 0 Å². The van der Waals surface area contributed by atoms with Crippen LogP contribution >= 0.6 is 24.8 Å². The van der Waals surface area contributed by atoms with Crippen molar-refractivity contribution in [3.63, 3.8) is 0 Å². The minimum absolute atomic E-state index is 0. The van der Waals surface area contributed by atoms with E-state index in [0.717, 1.165) is 31.5 Å². The van der Waals surface area contributed by atoms with E-state index in [1.54, 1.807) is 11.1 Å². The zero-order chi connectivity index (χ0) is 20.3. The second kappa shape index (κ2) is 11.5. The smallest absolute Gasteiger partial charge is 0.349 e. The van der Waals surface area contributed by atoms with Gasteiger partial charge in [0.2, 0.25) is 0 Å². The molecule has 0 aromatic carbocycles. The molecule has 7 nitrogen and oxygen atoms in total. The minimum atomic E-state index is -0.540. The van der Waals surface area contributed by atoms with Crippen LogP contribution in [0.5, 0.6) is 0 Å². The molecule has 1 amide bonds. The van der Waals surface area contributed by atoms with Gasteiger partial charge in [-0.05, 0) is 58.7 Å². The first-order valence-corrected chi connectivity index (χ1v) is 10.1. The molecule has 0 aliphatic carbocycles. The average Bonchev–Trinajstić information content (AvgIpc) is 3.15. The summed E-state index contributed by atoms with van der Waals surface area (Å²) >= 11 is 0. The molecule has 1 saturated heterocycles. The van der Waals surface area contributed by atoms with Crippen molar-refractivity contribution in [2.75, 3.05) is 19.6 Å². The maximum atomic E-state index is 13.1. The Morgan fingerprint density at radius 2 is 2.13 bits per heavy atom. The van der Waals surface area contributed by atoms with Gasteiger partial charge in [0.25, 0.3) is 5.91 Å². The number of hydrogen-bond acceptors (Lipinski definition) is 5. The molecule has 2 aromatic rings. The maximum Gasteiger partial charge on any atom is 0.349 e. The van der Waals surface area contributed by atoms with E-state index in [9.17, 15) is 9.59 Å². The lowest BCUT2D eigenvalue weighted by molar-refractivity contribution is 0.0746. The molecule has 1 aliphatic heterocycles. The van der Waals surface area contributed by atoms with Crippen LogP contribution in [-0.4, -0.2) is 40.2 Å². The van der Waals surface area contributed by atoms with Crippen molar-refractivity contribution >= 4 is 30.7 Å². The monoisotopic (exact) mass is 458 g/mol. The van der Waals surface area contributed by atoms with E-state index in [1.807, 2.05) is 30.8 Å². The Morgan fingerprint density at radius 3 is 2.67 bits per heavy atom. The normalized spacial score (nSPS) is 16.0. The first-order valence-electron chi connectivity index (χ1n) is 10.1. The van der Waals surface area contributed by atoms with Crippen molar-refractivity contribution in [1.29, 1.82) is 0 Å². The Balaban J connectivity index is 0.00000225. The zero-order valence-electron chi connectivity index (χ0n) is 18.0. The van der Waals surface area contributed by atoms with Crippen molar-refractivity contribution in [2.45, 2.75) is 59.0 Å². The number of aromatic nitrogens is 2. The Morgan fingerprint density at radius 1 is 1.40 bits per heavy atom. The highest BCUT2D eigenvalue weighted by Crippen LogP contribution is 2.24. The van der Waals surface area contributed by atoms with E-state index in [1.165, 1.54) is 0 Å². The van der Waals surface area contributed by atoms with Crippen LogP contribution in [0, 0.1) is 6.92 Å². The number of hydrogen-bond donors (Lipinski definition) is 1. The fourth-order valence-corrected chi connectivity index (χ4v) is 3.63. The van der Waals surface area contributed by atoms with Gasteiger partial charge in [-0.15, -0.1) is 24.8 Å². The quantitative estimate of drug-likeness (QED) is 0.713. The van der Waals surface area contributed by atoms with Gasteiger partial charge in [-0.3, -0.25) is 9.48 Å². The Labute approximate surface area is 190 Å². The zero-order valence-corrected chi connectivity index (χ0v) is 19.6. The lowest BCUT2D eigenvalue weighted by Crippen LogP contribution is -2.35. The number of carbonyl (C=O) groups is 1. The SMILES string of the molecule is CCN(Cc1cnn(C(C)C)c1)C(=O)c1c(C)cc(C2CCCNC2)oc1=O.Cl.Cl. The summed E-state index contributed by atoms with van der Waals surface area (Å²) in [6.45, 7) is 10.5. The predicted molar refractivity (Wildman–Crippen MR) is 122 cm³/mol. The Kier molecular flexibility index (Phi) is 10.1. The third-order valence-corrected chi connectivity index (χ3v) is 5.31. The summed E-state index contributed by atoms with van der Waals surface area (Å²) in [6, 6.07) is 2.12. The van der Waals surface area contributed by atoms with Gasteiger partial charge >= 0.3 is 5.63 Å². The summed E-state index contributed by atoms with van der Waals surface area (Å²) in [6.07, 6.45) is 5.75. The number of aryl methyl sites for hydroxylation is 1. The van der Waals surface area contributed by atoms with Gasteiger partial charge in [0.1, 0.15) is 11.3 Å². The van der Waals surface area contributed by atoms with E-state index >= 15 is 0 Å². The second-order valence-electron chi connectivity index (χ2n) is 7.78. The molecule has 9 heteroatoms. The van der Waals surface area contributed by atoms with E-state index < -0.39 is 5.63 Å². The molecule has 1 unspecified atom stereocenters. The summed E-state index contributed by atoms with van der Waals surface area (Å²) in [4.78, 5) is 27.4. The van der Waals surface area contributed by atoms with Gasteiger partial charge in [-0.25, -0.2) is 4.79 Å². The van der Waals surface area contributed by atoms with Gasteiger partial charge in [0.15, 0.2) is 0 Å². The van der Waals surface area contributed by atoms with E-state index in [-0.39, 0.29) is 48.2 Å². The molecule has 30 heavy (non-hydrogen) atoms. The molecule has 3 heterocycles. The number of rotatable bonds is 6. The third-order valence-electron chi connectivity index (χ3n) is 5.31. The highest BCUT2D eigenvalue weighted by molar-refractivity contribution is 5.95. The largest absolute Gasteiger partial charge is 0.427 e. The number of nitrogens with one attached hydrogen (secondary N) is 1. The first kappa shape index (κ1) is 26.2. The summed E-state index contributed by atoms with van der Waals surface area (Å²) < 4.78 is 7.43. The molecule has 1 atom stereocenters. The molecule has 0 bridgehead atoms. The summed E-state index contributed by atoms with van der Waals surface area (Å²) in [5, 5.41) is 7.66. The fraction of sp³-hybridized carbons (Fsp3) is 0.571. The predicted octanol–water partition coefficient (Wildman–Crippen LogP) is 3.70. The van der Waals surface area contributed by atoms with E-state index in [4.69, 9.17) is 4.42 Å². The van der Waals surface area contributed by atoms with Crippen LogP contribution in [0.1, 0.15) is 72.8 Å². The number of nitrogens with zero attached hydrogens (tertiary/aromatic N) is 3. The number of piperidine rings is 1. The highest BCUT2D eigenvalue weighted by Gasteiger charge is 2.25. The van der Waals surface area contributed by atoms with E-state index in [0.29, 0.717) is 24.4 Å². The first-order chi connectivity index (χ1) is 13.4. The molecule has 2 aromatic heterocycles. The van der Waals surface area contributed by atoms with Crippen LogP contribution in [-0.2, 0) is 6.54 Å².